The fraction of sp³-hybridized carbons (Fsp3) is 0. The lowest BCUT2D eigenvalue weighted by Crippen LogP contribution is -2.28. The summed E-state index contributed by atoms with van der Waals surface area (Å²) >= 11 is 6.04. The maximum atomic E-state index is 10.6. The Kier molecular flexibility index (Phi) is 2.02. The summed E-state index contributed by atoms with van der Waals surface area (Å²) in [5.74, 6) is 0. The van der Waals surface area contributed by atoms with Crippen molar-refractivity contribution in [1.82, 2.24) is 4.98 Å². The third kappa shape index (κ3) is 1.62. The smallest absolute Gasteiger partial charge is 0.369 e. The highest BCUT2D eigenvalue weighted by molar-refractivity contribution is 9.10. The lowest BCUT2D eigenvalue weighted by Gasteiger charge is -1.98. The molecule has 1 rings (SSSR count). The van der Waals surface area contributed by atoms with Crippen LogP contribution < -0.4 is 4.73 Å². The van der Waals surface area contributed by atoms with Gasteiger partial charge in [-0.2, -0.15) is 0 Å². The largest absolute Gasteiger partial charge is 0.710 e. The summed E-state index contributed by atoms with van der Waals surface area (Å²) in [4.78, 5) is 3.70. The SMILES string of the molecule is [O-][n+]1cc(Br)cnc1Br. The summed E-state index contributed by atoms with van der Waals surface area (Å²) in [5, 5.41) is 10.6. The van der Waals surface area contributed by atoms with E-state index in [1.54, 1.807) is 6.20 Å². The van der Waals surface area contributed by atoms with Crippen LogP contribution in [0.4, 0.5) is 0 Å². The quantitative estimate of drug-likeness (QED) is 0.397. The lowest BCUT2D eigenvalue weighted by molar-refractivity contribution is -0.621. The van der Waals surface area contributed by atoms with E-state index in [4.69, 9.17) is 0 Å². The molecular weight excluding hydrogens is 252 g/mol. The molecule has 0 fully saturated rings. The van der Waals surface area contributed by atoms with Crippen LogP contribution in [-0.4, -0.2) is 4.98 Å². The highest BCUT2D eigenvalue weighted by atomic mass is 79.9. The molecular formula is C4H2Br2N2O. The van der Waals surface area contributed by atoms with Gasteiger partial charge in [0.2, 0.25) is 0 Å². The molecule has 48 valence electrons. The van der Waals surface area contributed by atoms with Crippen LogP contribution in [0.3, 0.4) is 0 Å². The average molecular weight is 254 g/mol. The highest BCUT2D eigenvalue weighted by Crippen LogP contribution is 2.05. The normalized spacial score (nSPS) is 9.56. The van der Waals surface area contributed by atoms with Crippen molar-refractivity contribution in [1.29, 1.82) is 0 Å². The maximum Gasteiger partial charge on any atom is 0.369 e. The minimum absolute atomic E-state index is 0.269. The Morgan fingerprint density at radius 2 is 2.22 bits per heavy atom. The molecule has 0 bridgehead atoms. The van der Waals surface area contributed by atoms with Crippen molar-refractivity contribution in [3.05, 3.63) is 26.8 Å². The third-order valence-electron chi connectivity index (χ3n) is 0.717. The van der Waals surface area contributed by atoms with Crippen LogP contribution in [-0.2, 0) is 0 Å². The van der Waals surface area contributed by atoms with Gasteiger partial charge in [0.25, 0.3) is 0 Å². The van der Waals surface area contributed by atoms with E-state index >= 15 is 0 Å². The minimum atomic E-state index is 0.269. The minimum Gasteiger partial charge on any atom is -0.710 e. The molecule has 5 heteroatoms. The summed E-state index contributed by atoms with van der Waals surface area (Å²) in [6, 6.07) is 0. The van der Waals surface area contributed by atoms with Gasteiger partial charge in [-0.1, -0.05) is 0 Å². The molecule has 0 atom stereocenters. The summed E-state index contributed by atoms with van der Waals surface area (Å²) in [7, 11) is 0. The fourth-order valence-corrected chi connectivity index (χ4v) is 0.864. The van der Waals surface area contributed by atoms with Crippen LogP contribution in [0.25, 0.3) is 0 Å². The second-order valence-corrected chi connectivity index (χ2v) is 2.99. The molecule has 1 aromatic rings. The molecule has 1 heterocycles. The van der Waals surface area contributed by atoms with Gasteiger partial charge in [-0.3, -0.25) is 0 Å². The van der Waals surface area contributed by atoms with E-state index in [0.717, 1.165) is 0 Å². The van der Waals surface area contributed by atoms with Crippen LogP contribution in [0, 0.1) is 5.21 Å². The average Bonchev–Trinajstić information content (AvgIpc) is 1.80. The number of rotatable bonds is 0. The lowest BCUT2D eigenvalue weighted by atomic mass is 10.7. The van der Waals surface area contributed by atoms with E-state index in [1.165, 1.54) is 6.20 Å². The highest BCUT2D eigenvalue weighted by Gasteiger charge is 2.00. The first-order chi connectivity index (χ1) is 4.20. The molecule has 3 nitrogen and oxygen atoms in total. The van der Waals surface area contributed by atoms with Crippen molar-refractivity contribution in [2.45, 2.75) is 0 Å². The molecule has 1 aromatic heterocycles. The number of nitrogens with zero attached hydrogens (tertiary/aromatic N) is 2. The molecule has 9 heavy (non-hydrogen) atoms. The first-order valence-electron chi connectivity index (χ1n) is 2.10. The topological polar surface area (TPSA) is 39.8 Å². The van der Waals surface area contributed by atoms with Crippen LogP contribution >= 0.6 is 31.9 Å². The predicted octanol–water partition coefficient (Wildman–Crippen LogP) is 1.24. The van der Waals surface area contributed by atoms with Gasteiger partial charge in [0, 0.05) is 0 Å². The van der Waals surface area contributed by atoms with Crippen LogP contribution in [0.1, 0.15) is 0 Å². The van der Waals surface area contributed by atoms with Crippen molar-refractivity contribution in [2.75, 3.05) is 0 Å². The molecule has 0 saturated carbocycles. The molecule has 0 amide bonds. The number of halogens is 2. The zero-order chi connectivity index (χ0) is 6.85. The monoisotopic (exact) mass is 252 g/mol. The molecule has 0 aliphatic heterocycles. The Morgan fingerprint density at radius 3 is 2.67 bits per heavy atom. The Bertz CT molecular complexity index is 228. The molecule has 0 aliphatic rings. The zero-order valence-electron chi connectivity index (χ0n) is 4.21. The molecule has 0 N–H and O–H groups in total. The molecule has 0 aromatic carbocycles. The number of hydrogen-bond acceptors (Lipinski definition) is 2. The van der Waals surface area contributed by atoms with Gasteiger partial charge in [0.05, 0.1) is 15.9 Å². The van der Waals surface area contributed by atoms with Gasteiger partial charge in [-0.15, -0.1) is 0 Å². The van der Waals surface area contributed by atoms with Crippen molar-refractivity contribution in [3.63, 3.8) is 0 Å². The van der Waals surface area contributed by atoms with Crippen molar-refractivity contribution in [3.8, 4) is 0 Å². The van der Waals surface area contributed by atoms with Gasteiger partial charge in [0.15, 0.2) is 6.20 Å². The first-order valence-corrected chi connectivity index (χ1v) is 3.69. The zero-order valence-corrected chi connectivity index (χ0v) is 7.39. The van der Waals surface area contributed by atoms with Gasteiger partial charge in [-0.25, -0.2) is 4.73 Å². The van der Waals surface area contributed by atoms with E-state index < -0.39 is 0 Å². The van der Waals surface area contributed by atoms with E-state index in [1.807, 2.05) is 0 Å². The molecule has 0 radical (unpaired) electrons. The Balaban J connectivity index is 3.17. The predicted molar refractivity (Wildman–Crippen MR) is 38.6 cm³/mol. The van der Waals surface area contributed by atoms with Crippen LogP contribution in [0.2, 0.25) is 0 Å². The van der Waals surface area contributed by atoms with E-state index in [0.29, 0.717) is 9.20 Å². The fourth-order valence-electron chi connectivity index (χ4n) is 0.370. The van der Waals surface area contributed by atoms with Gasteiger partial charge < -0.3 is 5.21 Å². The molecule has 0 saturated heterocycles. The van der Waals surface area contributed by atoms with Gasteiger partial charge >= 0.3 is 4.73 Å². The number of hydrogen-bond donors (Lipinski definition) is 0. The second kappa shape index (κ2) is 2.62. The molecule has 0 spiro atoms. The van der Waals surface area contributed by atoms with Gasteiger partial charge in [-0.05, 0) is 20.9 Å². The maximum absolute atomic E-state index is 10.6. The molecule has 0 aliphatic carbocycles. The number of aromatic nitrogens is 2. The van der Waals surface area contributed by atoms with Gasteiger partial charge in [0.1, 0.15) is 10.7 Å². The summed E-state index contributed by atoms with van der Waals surface area (Å²) in [6.45, 7) is 0. The summed E-state index contributed by atoms with van der Waals surface area (Å²) < 4.78 is 1.57. The second-order valence-electron chi connectivity index (χ2n) is 1.37. The van der Waals surface area contributed by atoms with Crippen LogP contribution in [0.5, 0.6) is 0 Å². The van der Waals surface area contributed by atoms with E-state index in [2.05, 4.69) is 36.8 Å². The Morgan fingerprint density at radius 1 is 1.56 bits per heavy atom. The van der Waals surface area contributed by atoms with Crippen LogP contribution in [0.15, 0.2) is 21.6 Å². The standard InChI is InChI=1S/C4H2Br2N2O/c5-3-1-7-4(6)8(9)2-3/h1-2H. The summed E-state index contributed by atoms with van der Waals surface area (Å²) in [6.07, 6.45) is 2.91. The third-order valence-corrected chi connectivity index (χ3v) is 1.68. The molecule has 0 unspecified atom stereocenters. The van der Waals surface area contributed by atoms with Crippen molar-refractivity contribution < 1.29 is 4.73 Å². The first kappa shape index (κ1) is 6.95. The Labute approximate surface area is 68.6 Å². The van der Waals surface area contributed by atoms with E-state index in [-0.39, 0.29) is 4.73 Å². The van der Waals surface area contributed by atoms with Crippen molar-refractivity contribution in [2.24, 2.45) is 0 Å². The van der Waals surface area contributed by atoms with E-state index in [9.17, 15) is 5.21 Å². The van der Waals surface area contributed by atoms with Crippen molar-refractivity contribution >= 4 is 31.9 Å². The Hall–Kier alpha value is -0.160. The summed E-state index contributed by atoms with van der Waals surface area (Å²) in [5.41, 5.74) is 0.